The lowest BCUT2D eigenvalue weighted by atomic mass is 9.98. The molecule has 140 valence electrons. The van der Waals surface area contributed by atoms with Crippen molar-refractivity contribution in [2.45, 2.75) is 0 Å². The maximum Gasteiger partial charge on any atom is 0.339 e. The molecule has 3 aromatic rings. The Hall–Kier alpha value is -3.73. The molecule has 0 saturated carbocycles. The second kappa shape index (κ2) is 9.28. The fourth-order valence-electron chi connectivity index (χ4n) is 2.61. The molecule has 0 unspecified atom stereocenters. The minimum Gasteiger partial charge on any atom is -0.458 e. The van der Waals surface area contributed by atoms with E-state index in [9.17, 15) is 14.4 Å². The van der Waals surface area contributed by atoms with Gasteiger partial charge in [0, 0.05) is 11.1 Å². The van der Waals surface area contributed by atoms with Crippen molar-refractivity contribution in [1.82, 2.24) is 0 Å². The lowest BCUT2D eigenvalue weighted by Crippen LogP contribution is -2.16. The first-order valence-electron chi connectivity index (χ1n) is 8.75. The first kappa shape index (κ1) is 19.0. The van der Waals surface area contributed by atoms with Crippen LogP contribution in [0.4, 0.5) is 0 Å². The van der Waals surface area contributed by atoms with Gasteiger partial charge in [0.15, 0.2) is 5.78 Å². The van der Waals surface area contributed by atoms with Crippen LogP contribution < -0.4 is 0 Å². The van der Waals surface area contributed by atoms with Crippen LogP contribution in [0.15, 0.2) is 84.9 Å². The predicted octanol–water partition coefficient (Wildman–Crippen LogP) is 3.93. The van der Waals surface area contributed by atoms with Crippen LogP contribution in [-0.2, 0) is 9.47 Å². The highest BCUT2D eigenvalue weighted by Crippen LogP contribution is 2.16. The molecule has 0 amide bonds. The summed E-state index contributed by atoms with van der Waals surface area (Å²) in [4.78, 5) is 36.9. The Kier molecular flexibility index (Phi) is 6.31. The standard InChI is InChI=1S/C23H18O5/c24-21(17-9-3-1-4-10-17)19-13-7-8-14-20(19)23(26)28-16-15-27-22(25)18-11-5-2-6-12-18/h1-14H,15-16H2. The normalized spacial score (nSPS) is 10.1. The third-order valence-electron chi connectivity index (χ3n) is 3.99. The Morgan fingerprint density at radius 3 is 1.61 bits per heavy atom. The van der Waals surface area contributed by atoms with E-state index < -0.39 is 11.9 Å². The van der Waals surface area contributed by atoms with E-state index in [0.717, 1.165) is 0 Å². The molecule has 0 N–H and O–H groups in total. The van der Waals surface area contributed by atoms with E-state index in [4.69, 9.17) is 9.47 Å². The summed E-state index contributed by atoms with van der Waals surface area (Å²) < 4.78 is 10.3. The van der Waals surface area contributed by atoms with Gasteiger partial charge in [0.05, 0.1) is 11.1 Å². The van der Waals surface area contributed by atoms with Gasteiger partial charge in [-0.3, -0.25) is 4.79 Å². The number of hydrogen-bond donors (Lipinski definition) is 0. The highest BCUT2D eigenvalue weighted by atomic mass is 16.6. The van der Waals surface area contributed by atoms with Gasteiger partial charge in [0.25, 0.3) is 0 Å². The Bertz CT molecular complexity index is 965. The molecule has 0 radical (unpaired) electrons. The Labute approximate surface area is 162 Å². The maximum absolute atomic E-state index is 12.7. The number of ether oxygens (including phenoxy) is 2. The zero-order valence-corrected chi connectivity index (χ0v) is 15.0. The van der Waals surface area contributed by atoms with Crippen LogP contribution >= 0.6 is 0 Å². The summed E-state index contributed by atoms with van der Waals surface area (Å²) in [5.74, 6) is -1.39. The van der Waals surface area contributed by atoms with Crippen molar-refractivity contribution in [3.63, 3.8) is 0 Å². The molecule has 5 nitrogen and oxygen atoms in total. The fraction of sp³-hybridized carbons (Fsp3) is 0.0870. The summed E-state index contributed by atoms with van der Waals surface area (Å²) >= 11 is 0. The molecule has 0 aromatic heterocycles. The first-order valence-corrected chi connectivity index (χ1v) is 8.75. The topological polar surface area (TPSA) is 69.7 Å². The van der Waals surface area contributed by atoms with E-state index >= 15 is 0 Å². The van der Waals surface area contributed by atoms with Crippen LogP contribution in [0.3, 0.4) is 0 Å². The van der Waals surface area contributed by atoms with Crippen molar-refractivity contribution in [3.8, 4) is 0 Å². The Morgan fingerprint density at radius 2 is 1.00 bits per heavy atom. The summed E-state index contributed by atoms with van der Waals surface area (Å²) in [5, 5.41) is 0. The van der Waals surface area contributed by atoms with Gasteiger partial charge in [0.2, 0.25) is 0 Å². The van der Waals surface area contributed by atoms with Crippen molar-refractivity contribution in [1.29, 1.82) is 0 Å². The Morgan fingerprint density at radius 1 is 0.536 bits per heavy atom. The van der Waals surface area contributed by atoms with Gasteiger partial charge in [-0.25, -0.2) is 9.59 Å². The van der Waals surface area contributed by atoms with Gasteiger partial charge >= 0.3 is 11.9 Å². The van der Waals surface area contributed by atoms with Crippen molar-refractivity contribution in [3.05, 3.63) is 107 Å². The number of rotatable bonds is 7. The summed E-state index contributed by atoms with van der Waals surface area (Å²) in [7, 11) is 0. The van der Waals surface area contributed by atoms with Crippen LogP contribution in [0.25, 0.3) is 0 Å². The minimum atomic E-state index is -0.643. The summed E-state index contributed by atoms with van der Waals surface area (Å²) in [6, 6.07) is 23.7. The largest absolute Gasteiger partial charge is 0.458 e. The van der Waals surface area contributed by atoms with E-state index in [0.29, 0.717) is 11.1 Å². The van der Waals surface area contributed by atoms with E-state index in [2.05, 4.69) is 0 Å². The number of carbonyl (C=O) groups excluding carboxylic acids is 3. The monoisotopic (exact) mass is 374 g/mol. The molecule has 0 atom stereocenters. The zero-order valence-electron chi connectivity index (χ0n) is 15.0. The summed E-state index contributed by atoms with van der Waals surface area (Å²) in [5.41, 5.74) is 1.35. The second-order valence-electron chi connectivity index (χ2n) is 5.88. The second-order valence-corrected chi connectivity index (χ2v) is 5.88. The smallest absolute Gasteiger partial charge is 0.339 e. The summed E-state index contributed by atoms with van der Waals surface area (Å²) in [6.45, 7) is -0.181. The number of ketones is 1. The van der Waals surface area contributed by atoms with Crippen molar-refractivity contribution in [2.24, 2.45) is 0 Å². The molecule has 0 aliphatic carbocycles. The molecule has 0 aliphatic rings. The fourth-order valence-corrected chi connectivity index (χ4v) is 2.61. The van der Waals surface area contributed by atoms with E-state index in [1.165, 1.54) is 6.07 Å². The molecule has 0 spiro atoms. The minimum absolute atomic E-state index is 0.0751. The molecular formula is C23H18O5. The van der Waals surface area contributed by atoms with Crippen LogP contribution in [0.5, 0.6) is 0 Å². The molecule has 0 saturated heterocycles. The highest BCUT2D eigenvalue weighted by molar-refractivity contribution is 6.14. The van der Waals surface area contributed by atoms with Gasteiger partial charge in [0.1, 0.15) is 13.2 Å². The molecule has 0 fully saturated rings. The first-order chi connectivity index (χ1) is 13.7. The van der Waals surface area contributed by atoms with Gasteiger partial charge in [-0.05, 0) is 18.2 Å². The quantitative estimate of drug-likeness (QED) is 0.356. The molecule has 3 rings (SSSR count). The third kappa shape index (κ3) is 4.71. The van der Waals surface area contributed by atoms with Gasteiger partial charge in [-0.15, -0.1) is 0 Å². The van der Waals surface area contributed by atoms with Crippen LogP contribution in [0.1, 0.15) is 36.6 Å². The lowest BCUT2D eigenvalue weighted by Gasteiger charge is -2.09. The number of esters is 2. The SMILES string of the molecule is O=C(OCCOC(=O)c1ccccc1C(=O)c1ccccc1)c1ccccc1. The zero-order chi connectivity index (χ0) is 19.8. The molecule has 3 aromatic carbocycles. The Balaban J connectivity index is 1.59. The molecule has 0 bridgehead atoms. The molecular weight excluding hydrogens is 356 g/mol. The molecule has 28 heavy (non-hydrogen) atoms. The van der Waals surface area contributed by atoms with E-state index in [1.54, 1.807) is 72.8 Å². The average molecular weight is 374 g/mol. The third-order valence-corrected chi connectivity index (χ3v) is 3.99. The molecule has 0 heterocycles. The van der Waals surface area contributed by atoms with Crippen LogP contribution in [0.2, 0.25) is 0 Å². The van der Waals surface area contributed by atoms with Crippen LogP contribution in [-0.4, -0.2) is 30.9 Å². The van der Waals surface area contributed by atoms with Crippen molar-refractivity contribution in [2.75, 3.05) is 13.2 Å². The summed E-state index contributed by atoms with van der Waals surface area (Å²) in [6.07, 6.45) is 0. The average Bonchev–Trinajstić information content (AvgIpc) is 2.77. The van der Waals surface area contributed by atoms with E-state index in [-0.39, 0.29) is 30.1 Å². The van der Waals surface area contributed by atoms with Crippen LogP contribution in [0, 0.1) is 0 Å². The van der Waals surface area contributed by atoms with Gasteiger partial charge < -0.3 is 9.47 Å². The molecule has 5 heteroatoms. The van der Waals surface area contributed by atoms with Crippen molar-refractivity contribution >= 4 is 17.7 Å². The van der Waals surface area contributed by atoms with Gasteiger partial charge in [-0.2, -0.15) is 0 Å². The maximum atomic E-state index is 12.7. The van der Waals surface area contributed by atoms with Gasteiger partial charge in [-0.1, -0.05) is 66.7 Å². The number of hydrogen-bond acceptors (Lipinski definition) is 5. The number of benzene rings is 3. The number of carbonyl (C=O) groups is 3. The van der Waals surface area contributed by atoms with Crippen molar-refractivity contribution < 1.29 is 23.9 Å². The predicted molar refractivity (Wildman–Crippen MR) is 103 cm³/mol. The van der Waals surface area contributed by atoms with E-state index in [1.807, 2.05) is 6.07 Å². The lowest BCUT2D eigenvalue weighted by molar-refractivity contribution is 0.0265. The molecule has 0 aliphatic heterocycles. The highest BCUT2D eigenvalue weighted by Gasteiger charge is 2.19.